The highest BCUT2D eigenvalue weighted by Gasteiger charge is 2.37. The molecule has 0 fully saturated rings. The molecule has 0 aliphatic heterocycles. The molecule has 0 unspecified atom stereocenters. The van der Waals surface area contributed by atoms with Gasteiger partial charge in [0.25, 0.3) is 0 Å². The summed E-state index contributed by atoms with van der Waals surface area (Å²) >= 11 is 0. The van der Waals surface area contributed by atoms with Crippen LogP contribution in [0, 0.1) is 0 Å². The van der Waals surface area contributed by atoms with E-state index >= 15 is 0 Å². The zero-order valence-corrected chi connectivity index (χ0v) is 76.7. The number of aromatic amines is 1. The average Bonchev–Trinajstić information content (AvgIpc) is 1.74. The van der Waals surface area contributed by atoms with Crippen LogP contribution in [0.4, 0.5) is 0 Å². The van der Waals surface area contributed by atoms with Crippen molar-refractivity contribution in [2.75, 3.05) is 72.5 Å². The molecule has 43 heteroatoms. The third-order valence-electron chi connectivity index (χ3n) is 21.1. The molecule has 133 heavy (non-hydrogen) atoms. The number of carbonyl (C=O) groups is 16. The SMILES string of the molecule is CCCC[C@H](NC(=O)[C@H](Cc1c[nH]c2ccccc12)NC(=O)[C@H](CCCCN)NC(=O)[C@H](CCCC)NC(=O)[C@H](Cc1ccc(OS(=O)(=O)O)cc1)NC(=O)[C@H](CC(=O)O)NC(=O)COCCOCCNC(=O)COCCOCCNC(=O)CC[C@H](NC(=O)CCCCCCCCCCCCCCCCC(=O)O)C(=O)O)C(=O)N[C@@H](CC(=O)O)C(=O)N[C@@H](Cc1ccccc1)C(N)=O. The van der Waals surface area contributed by atoms with Gasteiger partial charge in [0.1, 0.15) is 73.3 Å². The summed E-state index contributed by atoms with van der Waals surface area (Å²) in [5.74, 6) is -15.8. The van der Waals surface area contributed by atoms with E-state index in [2.05, 4.69) is 67.7 Å². The molecule has 0 spiro atoms. The van der Waals surface area contributed by atoms with Gasteiger partial charge >= 0.3 is 34.3 Å². The number of carbonyl (C=O) groups excluding carboxylic acids is 12. The number of nitrogens with one attached hydrogen (secondary N) is 12. The van der Waals surface area contributed by atoms with Crippen molar-refractivity contribution in [3.63, 3.8) is 0 Å². The van der Waals surface area contributed by atoms with Crippen LogP contribution in [0.25, 0.3) is 10.9 Å². The first-order chi connectivity index (χ1) is 63.7. The van der Waals surface area contributed by atoms with E-state index in [1.807, 2.05) is 0 Å². The third kappa shape index (κ3) is 50.6. The van der Waals surface area contributed by atoms with Crippen molar-refractivity contribution < 1.29 is 133 Å². The lowest BCUT2D eigenvalue weighted by molar-refractivity contribution is -0.142. The first kappa shape index (κ1) is 114. The lowest BCUT2D eigenvalue weighted by Gasteiger charge is -2.28. The Hall–Kier alpha value is -11.8. The number of rotatable bonds is 76. The number of H-pyrrole nitrogens is 1. The summed E-state index contributed by atoms with van der Waals surface area (Å²) in [6, 6.07) is 6.25. The molecule has 0 bridgehead atoms. The van der Waals surface area contributed by atoms with Gasteiger partial charge in [-0.15, -0.1) is 0 Å². The molecular weight excluding hydrogens is 1760 g/mol. The number of fused-ring (bicyclic) bond motifs is 1. The molecule has 0 saturated heterocycles. The van der Waals surface area contributed by atoms with E-state index in [0.717, 1.165) is 69.9 Å². The number of carboxylic acid groups (broad SMARTS) is 4. The Kier molecular flexibility index (Phi) is 56.1. The summed E-state index contributed by atoms with van der Waals surface area (Å²) < 4.78 is 58.6. The van der Waals surface area contributed by atoms with Crippen molar-refractivity contribution >= 4 is 116 Å². The number of benzene rings is 3. The zero-order valence-electron chi connectivity index (χ0n) is 75.9. The van der Waals surface area contributed by atoms with Crippen molar-refractivity contribution in [2.45, 2.75) is 274 Å². The van der Waals surface area contributed by atoms with Crippen molar-refractivity contribution in [3.05, 3.63) is 102 Å². The Morgan fingerprint density at radius 3 is 1.27 bits per heavy atom. The number of hydrogen-bond donors (Lipinski definition) is 19. The van der Waals surface area contributed by atoms with Gasteiger partial charge in [0, 0.05) is 68.7 Å². The lowest BCUT2D eigenvalue weighted by Crippen LogP contribution is -2.61. The standard InChI is InChI=1S/C90H136N14O28S/c1-3-5-31-66(83(116)98-68(34-26-27-43-91)85(118)103-72(54-62-57-95-65-33-25-24-30-64(62)65)87(120)100-67(32-6-4-2)84(117)104-74(56-81(113)114)89(122)101-70(82(92)115)52-60-28-20-19-21-29-60)99-86(119)71(53-61-37-39-63(40-38-61)132-133(125,126)127)102-88(121)73(55-80(111)112)97-78(108)59-131-51-49-129-47-45-94-77(107)58-130-50-48-128-46-44-93-75(105)42-41-69(90(123)124)96-76(106)35-22-17-15-13-11-9-7-8-10-12-14-16-18-23-36-79(109)110/h19-21,24-25,28-30,33,37-40,57,66-74,95H,3-18,22-23,26-27,31-32,34-36,41-56,58-59,91H2,1-2H3,(H2,92,115)(H,93,105)(H,94,107)(H,96,106)(H,97,108)(H,98,116)(H,99,119)(H,100,120)(H,101,122)(H,102,121)(H,103,118)(H,104,117)(H,109,110)(H,111,112)(H,113,114)(H,123,124)(H,125,126,127)/t66-,67-,68-,69-,70-,71-,72-,73-,74-/m0/s1. The third-order valence-corrected chi connectivity index (χ3v) is 21.5. The molecule has 12 amide bonds. The van der Waals surface area contributed by atoms with Crippen molar-refractivity contribution in [1.82, 2.24) is 63.5 Å². The number of nitrogens with two attached hydrogens (primary N) is 2. The van der Waals surface area contributed by atoms with Crippen LogP contribution < -0.4 is 74.1 Å². The maximum Gasteiger partial charge on any atom is 0.446 e. The van der Waals surface area contributed by atoms with Gasteiger partial charge < -0.3 is 118 Å². The van der Waals surface area contributed by atoms with Crippen molar-refractivity contribution in [3.8, 4) is 5.75 Å². The second-order valence-corrected chi connectivity index (χ2v) is 33.2. The molecule has 21 N–H and O–H groups in total. The number of carboxylic acids is 4. The Balaban J connectivity index is 1.31. The fraction of sp³-hybridized carbons (Fsp3) is 0.600. The fourth-order valence-corrected chi connectivity index (χ4v) is 14.3. The van der Waals surface area contributed by atoms with Gasteiger partial charge in [-0.1, -0.05) is 177 Å². The van der Waals surface area contributed by atoms with Crippen LogP contribution in [-0.2, 0) is 125 Å². The predicted octanol–water partition coefficient (Wildman–Crippen LogP) is 3.17. The smallest absolute Gasteiger partial charge is 0.446 e. The lowest BCUT2D eigenvalue weighted by atomic mass is 10.0. The molecule has 4 rings (SSSR count). The number of hydrogen-bond acceptors (Lipinski definition) is 24. The highest BCUT2D eigenvalue weighted by Crippen LogP contribution is 2.22. The highest BCUT2D eigenvalue weighted by atomic mass is 32.3. The van der Waals surface area contributed by atoms with E-state index in [1.165, 1.54) is 37.8 Å². The number of para-hydroxylation sites is 1. The zero-order chi connectivity index (χ0) is 97.7. The Morgan fingerprint density at radius 2 is 0.782 bits per heavy atom. The average molecular weight is 1890 g/mol. The molecule has 9 atom stereocenters. The summed E-state index contributed by atoms with van der Waals surface area (Å²) in [7, 11) is -5.01. The topological polar surface area (TPSA) is 655 Å². The molecule has 0 aliphatic carbocycles. The monoisotopic (exact) mass is 1890 g/mol. The van der Waals surface area contributed by atoms with Crippen LogP contribution in [0.1, 0.15) is 217 Å². The van der Waals surface area contributed by atoms with Gasteiger partial charge in [-0.05, 0) is 92.8 Å². The van der Waals surface area contributed by atoms with Gasteiger partial charge in [0.05, 0.1) is 52.5 Å². The number of aromatic nitrogens is 1. The van der Waals surface area contributed by atoms with Gasteiger partial charge in [0.2, 0.25) is 70.9 Å². The van der Waals surface area contributed by atoms with Crippen molar-refractivity contribution in [2.24, 2.45) is 11.5 Å². The fourth-order valence-electron chi connectivity index (χ4n) is 14.0. The second kappa shape index (κ2) is 65.7. The molecule has 0 radical (unpaired) electrons. The minimum Gasteiger partial charge on any atom is -0.481 e. The summed E-state index contributed by atoms with van der Waals surface area (Å²) in [5.41, 5.74) is 13.5. The number of aliphatic carboxylic acids is 4. The molecule has 42 nitrogen and oxygen atoms in total. The number of unbranched alkanes of at least 4 members (excludes halogenated alkanes) is 16. The van der Waals surface area contributed by atoms with Gasteiger partial charge in [-0.2, -0.15) is 8.42 Å². The molecule has 0 saturated carbocycles. The largest absolute Gasteiger partial charge is 0.481 e. The summed E-state index contributed by atoms with van der Waals surface area (Å²) in [4.78, 5) is 215. The predicted molar refractivity (Wildman–Crippen MR) is 485 cm³/mol. The summed E-state index contributed by atoms with van der Waals surface area (Å²) in [6.07, 6.45) is 15.2. The van der Waals surface area contributed by atoms with Gasteiger partial charge in [-0.25, -0.2) is 4.79 Å². The quantitative estimate of drug-likeness (QED) is 0.0223. The van der Waals surface area contributed by atoms with E-state index in [4.69, 9.17) is 35.5 Å². The molecule has 740 valence electrons. The van der Waals surface area contributed by atoms with E-state index in [0.29, 0.717) is 54.1 Å². The van der Waals surface area contributed by atoms with E-state index in [9.17, 15) is 105 Å². The maximum absolute atomic E-state index is 15.0. The van der Waals surface area contributed by atoms with Crippen molar-refractivity contribution in [1.29, 1.82) is 0 Å². The Bertz CT molecular complexity index is 4410. The molecule has 0 aliphatic rings. The van der Waals surface area contributed by atoms with Gasteiger partial charge in [0.15, 0.2) is 0 Å². The van der Waals surface area contributed by atoms with Crippen LogP contribution in [0.15, 0.2) is 85.1 Å². The van der Waals surface area contributed by atoms with Crippen LogP contribution in [0.3, 0.4) is 0 Å². The second-order valence-electron chi connectivity index (χ2n) is 32.2. The van der Waals surface area contributed by atoms with Crippen LogP contribution >= 0.6 is 0 Å². The molecule has 1 aromatic heterocycles. The van der Waals surface area contributed by atoms with Crippen LogP contribution in [0.5, 0.6) is 5.75 Å². The first-order valence-corrected chi connectivity index (χ1v) is 46.8. The molecule has 3 aromatic carbocycles. The number of amides is 12. The van der Waals surface area contributed by atoms with Crippen LogP contribution in [0.2, 0.25) is 0 Å². The normalized spacial score (nSPS) is 13.3. The number of primary amides is 1. The maximum atomic E-state index is 15.0. The molecule has 1 heterocycles. The highest BCUT2D eigenvalue weighted by molar-refractivity contribution is 7.81. The van der Waals surface area contributed by atoms with Gasteiger partial charge in [-0.3, -0.25) is 76.5 Å². The van der Waals surface area contributed by atoms with Crippen LogP contribution in [-0.4, -0.2) is 260 Å². The minimum absolute atomic E-state index is 0.0135. The van der Waals surface area contributed by atoms with E-state index in [1.54, 1.807) is 74.6 Å². The summed E-state index contributed by atoms with van der Waals surface area (Å²) in [6.45, 7) is 2.64. The Morgan fingerprint density at radius 1 is 0.376 bits per heavy atom. The van der Waals surface area contributed by atoms with E-state index in [-0.39, 0.29) is 148 Å². The summed E-state index contributed by atoms with van der Waals surface area (Å²) in [5, 5.41) is 66.9. The number of ether oxygens (including phenoxy) is 4. The first-order valence-electron chi connectivity index (χ1n) is 45.5. The Labute approximate surface area is 774 Å². The van der Waals surface area contributed by atoms with E-state index < -0.39 is 185 Å². The molecular formula is C90H136N14O28S. The molecule has 4 aromatic rings. The minimum atomic E-state index is -5.01.